The number of fused-ring (bicyclic) bond motifs is 1. The lowest BCUT2D eigenvalue weighted by molar-refractivity contribution is -0.116. The quantitative estimate of drug-likeness (QED) is 0.876. The fraction of sp³-hybridized carbons (Fsp3) is 0.400. The normalized spacial score (nSPS) is 17.8. The molecule has 0 radical (unpaired) electrons. The highest BCUT2D eigenvalue weighted by Gasteiger charge is 2.35. The van der Waals surface area contributed by atoms with Gasteiger partial charge in [0.1, 0.15) is 5.75 Å². The number of hydrogen-bond acceptors (Lipinski definition) is 3. The van der Waals surface area contributed by atoms with Gasteiger partial charge in [0.25, 0.3) is 5.91 Å². The van der Waals surface area contributed by atoms with E-state index in [1.807, 2.05) is 35.1 Å². The first-order chi connectivity index (χ1) is 11.9. The molecule has 1 amide bonds. The van der Waals surface area contributed by atoms with E-state index >= 15 is 0 Å². The number of nitrogens with zero attached hydrogens (tertiary/aromatic N) is 2. The number of methoxy groups -OCH3 is 1. The van der Waals surface area contributed by atoms with Crippen LogP contribution in [0, 0.1) is 17.3 Å². The second kappa shape index (κ2) is 6.64. The third-order valence-corrected chi connectivity index (χ3v) is 4.54. The summed E-state index contributed by atoms with van der Waals surface area (Å²) >= 11 is 0. The van der Waals surface area contributed by atoms with Gasteiger partial charge >= 0.3 is 0 Å². The Bertz CT molecular complexity index is 838. The lowest BCUT2D eigenvalue weighted by Gasteiger charge is -2.35. The minimum Gasteiger partial charge on any atom is -0.497 e. The van der Waals surface area contributed by atoms with E-state index in [0.29, 0.717) is 0 Å². The summed E-state index contributed by atoms with van der Waals surface area (Å²) in [7, 11) is 1.65. The molecule has 25 heavy (non-hydrogen) atoms. The van der Waals surface area contributed by atoms with E-state index < -0.39 is 0 Å². The average molecular weight is 337 g/mol. The number of rotatable bonds is 3. The van der Waals surface area contributed by atoms with Gasteiger partial charge in [0, 0.05) is 5.56 Å². The van der Waals surface area contributed by atoms with E-state index in [0.717, 1.165) is 35.5 Å². The molecule has 0 spiro atoms. The highest BCUT2D eigenvalue weighted by atomic mass is 16.5. The summed E-state index contributed by atoms with van der Waals surface area (Å²) in [4.78, 5) is 12.0. The molecule has 2 aromatic rings. The van der Waals surface area contributed by atoms with Crippen molar-refractivity contribution in [1.82, 2.24) is 15.1 Å². The van der Waals surface area contributed by atoms with Crippen molar-refractivity contribution in [3.05, 3.63) is 41.7 Å². The average Bonchev–Trinajstić information content (AvgIpc) is 2.97. The summed E-state index contributed by atoms with van der Waals surface area (Å²) in [5.74, 6) is 5.78. The van der Waals surface area contributed by atoms with Crippen LogP contribution < -0.4 is 10.1 Å². The van der Waals surface area contributed by atoms with Crippen LogP contribution in [0.25, 0.3) is 5.69 Å². The minimum atomic E-state index is -0.242. The van der Waals surface area contributed by atoms with Gasteiger partial charge in [-0.15, -0.1) is 0 Å². The predicted octanol–water partition coefficient (Wildman–Crippen LogP) is 3.03. The lowest BCUT2D eigenvalue weighted by Crippen LogP contribution is -2.36. The van der Waals surface area contributed by atoms with Crippen LogP contribution in [-0.4, -0.2) is 22.8 Å². The maximum absolute atomic E-state index is 12.0. The Balaban J connectivity index is 1.98. The fourth-order valence-corrected chi connectivity index (χ4v) is 3.43. The molecule has 0 saturated heterocycles. The van der Waals surface area contributed by atoms with Crippen LogP contribution in [0.15, 0.2) is 30.5 Å². The van der Waals surface area contributed by atoms with Crippen molar-refractivity contribution in [2.75, 3.05) is 7.11 Å². The third kappa shape index (κ3) is 3.53. The summed E-state index contributed by atoms with van der Waals surface area (Å²) in [5, 5.41) is 7.61. The molecule has 0 bridgehead atoms. The number of ether oxygens (including phenoxy) is 1. The molecule has 0 unspecified atom stereocenters. The molecule has 0 fully saturated rings. The minimum absolute atomic E-state index is 0.0643. The van der Waals surface area contributed by atoms with Gasteiger partial charge in [-0.25, -0.2) is 4.68 Å². The van der Waals surface area contributed by atoms with Gasteiger partial charge in [-0.3, -0.25) is 4.79 Å². The van der Waals surface area contributed by atoms with Crippen molar-refractivity contribution in [3.63, 3.8) is 0 Å². The van der Waals surface area contributed by atoms with Crippen LogP contribution in [0.2, 0.25) is 0 Å². The first kappa shape index (κ1) is 17.1. The molecular weight excluding hydrogens is 314 g/mol. The SMILES string of the molecule is CC#CC(=O)N[C@H]1CC(C)(C)Cc2c1cnn2-c1ccc(OC)cc1. The summed E-state index contributed by atoms with van der Waals surface area (Å²) in [6.45, 7) is 6.09. The molecule has 5 nitrogen and oxygen atoms in total. The van der Waals surface area contributed by atoms with E-state index in [-0.39, 0.29) is 17.4 Å². The standard InChI is InChI=1S/C20H23N3O2/c1-5-6-19(24)22-17-11-20(2,3)12-18-16(17)13-21-23(18)14-7-9-15(25-4)10-8-14/h7-10,13,17H,11-12H2,1-4H3,(H,22,24)/t17-/m0/s1. The highest BCUT2D eigenvalue weighted by Crippen LogP contribution is 2.41. The zero-order chi connectivity index (χ0) is 18.0. The van der Waals surface area contributed by atoms with Crippen LogP contribution in [-0.2, 0) is 11.2 Å². The fourth-order valence-electron chi connectivity index (χ4n) is 3.43. The molecule has 1 N–H and O–H groups in total. The Kier molecular flexibility index (Phi) is 4.54. The van der Waals surface area contributed by atoms with Gasteiger partial charge < -0.3 is 10.1 Å². The van der Waals surface area contributed by atoms with Crippen LogP contribution in [0.1, 0.15) is 44.5 Å². The van der Waals surface area contributed by atoms with Crippen molar-refractivity contribution >= 4 is 5.91 Å². The number of hydrogen-bond donors (Lipinski definition) is 1. The third-order valence-electron chi connectivity index (χ3n) is 4.54. The second-order valence-corrected chi connectivity index (χ2v) is 7.10. The molecule has 0 aliphatic heterocycles. The molecular formula is C20H23N3O2. The Morgan fingerprint density at radius 2 is 2.08 bits per heavy atom. The molecule has 1 aliphatic rings. The van der Waals surface area contributed by atoms with E-state index in [1.165, 1.54) is 0 Å². The van der Waals surface area contributed by atoms with E-state index in [4.69, 9.17) is 4.74 Å². The summed E-state index contributed by atoms with van der Waals surface area (Å²) < 4.78 is 7.18. The van der Waals surface area contributed by atoms with Gasteiger partial charge in [-0.1, -0.05) is 19.8 Å². The maximum Gasteiger partial charge on any atom is 0.296 e. The van der Waals surface area contributed by atoms with Crippen LogP contribution in [0.4, 0.5) is 0 Å². The molecule has 1 aliphatic carbocycles. The van der Waals surface area contributed by atoms with Gasteiger partial charge in [-0.05, 0) is 55.4 Å². The van der Waals surface area contributed by atoms with Crippen molar-refractivity contribution in [1.29, 1.82) is 0 Å². The topological polar surface area (TPSA) is 56.2 Å². The molecule has 1 heterocycles. The maximum atomic E-state index is 12.0. The number of amides is 1. The summed E-state index contributed by atoms with van der Waals surface area (Å²) in [6, 6.07) is 7.76. The molecule has 5 heteroatoms. The van der Waals surface area contributed by atoms with Gasteiger partial charge in [-0.2, -0.15) is 5.10 Å². The number of carbonyl (C=O) groups is 1. The Morgan fingerprint density at radius 3 is 2.72 bits per heavy atom. The van der Waals surface area contributed by atoms with Crippen molar-refractivity contribution < 1.29 is 9.53 Å². The lowest BCUT2D eigenvalue weighted by atomic mass is 9.74. The first-order valence-corrected chi connectivity index (χ1v) is 8.38. The second-order valence-electron chi connectivity index (χ2n) is 7.10. The zero-order valence-electron chi connectivity index (χ0n) is 15.1. The Hall–Kier alpha value is -2.74. The van der Waals surface area contributed by atoms with Gasteiger partial charge in [0.2, 0.25) is 0 Å². The van der Waals surface area contributed by atoms with E-state index in [9.17, 15) is 4.79 Å². The van der Waals surface area contributed by atoms with Crippen molar-refractivity contribution in [2.45, 2.75) is 39.7 Å². The molecule has 130 valence electrons. The Labute approximate surface area is 148 Å². The molecule has 1 aromatic carbocycles. The first-order valence-electron chi connectivity index (χ1n) is 8.38. The smallest absolute Gasteiger partial charge is 0.296 e. The number of benzene rings is 1. The van der Waals surface area contributed by atoms with Crippen molar-refractivity contribution in [2.24, 2.45) is 5.41 Å². The van der Waals surface area contributed by atoms with Gasteiger partial charge in [0.15, 0.2) is 0 Å². The zero-order valence-corrected chi connectivity index (χ0v) is 15.1. The van der Waals surface area contributed by atoms with E-state index in [1.54, 1.807) is 14.0 Å². The Morgan fingerprint density at radius 1 is 1.36 bits per heavy atom. The highest BCUT2D eigenvalue weighted by molar-refractivity contribution is 5.93. The largest absolute Gasteiger partial charge is 0.497 e. The van der Waals surface area contributed by atoms with Crippen LogP contribution >= 0.6 is 0 Å². The van der Waals surface area contributed by atoms with Crippen LogP contribution in [0.5, 0.6) is 5.75 Å². The molecule has 1 atom stereocenters. The van der Waals surface area contributed by atoms with E-state index in [2.05, 4.69) is 36.1 Å². The monoisotopic (exact) mass is 337 g/mol. The van der Waals surface area contributed by atoms with Gasteiger partial charge in [0.05, 0.1) is 30.7 Å². The number of aromatic nitrogens is 2. The molecule has 3 rings (SSSR count). The van der Waals surface area contributed by atoms with Crippen molar-refractivity contribution in [3.8, 4) is 23.3 Å². The number of carbonyl (C=O) groups excluding carboxylic acids is 1. The molecule has 1 aromatic heterocycles. The number of nitrogens with one attached hydrogen (secondary N) is 1. The molecule has 0 saturated carbocycles. The predicted molar refractivity (Wildman–Crippen MR) is 96.6 cm³/mol. The summed E-state index contributed by atoms with van der Waals surface area (Å²) in [6.07, 6.45) is 3.63. The van der Waals surface area contributed by atoms with Crippen LogP contribution in [0.3, 0.4) is 0 Å². The summed E-state index contributed by atoms with van der Waals surface area (Å²) in [5.41, 5.74) is 3.25.